The summed E-state index contributed by atoms with van der Waals surface area (Å²) in [7, 11) is 0. The number of nitrogens with one attached hydrogen (secondary N) is 1. The number of rotatable bonds is 13. The van der Waals surface area contributed by atoms with Crippen molar-refractivity contribution in [1.29, 1.82) is 0 Å². The van der Waals surface area contributed by atoms with E-state index >= 15 is 0 Å². The number of hydrogen-bond acceptors (Lipinski definition) is 3. The van der Waals surface area contributed by atoms with E-state index in [1.54, 1.807) is 0 Å². The lowest BCUT2D eigenvalue weighted by Gasteiger charge is -2.29. The Morgan fingerprint density at radius 1 is 0.464 bits per heavy atom. The van der Waals surface area contributed by atoms with Crippen LogP contribution in [0.25, 0.3) is 10.8 Å². The van der Waals surface area contributed by atoms with E-state index in [0.29, 0.717) is 0 Å². The minimum absolute atomic E-state index is 0.0154. The van der Waals surface area contributed by atoms with E-state index in [9.17, 15) is 0 Å². The van der Waals surface area contributed by atoms with Gasteiger partial charge in [0.1, 0.15) is 0 Å². The van der Waals surface area contributed by atoms with Gasteiger partial charge in [-0.3, -0.25) is 0 Å². The number of anilines is 6. The maximum Gasteiger partial charge on any atom is 0.0473 e. The average Bonchev–Trinajstić information content (AvgIpc) is 3.20. The van der Waals surface area contributed by atoms with Crippen LogP contribution in [0.15, 0.2) is 165 Å². The van der Waals surface area contributed by atoms with Crippen LogP contribution < -0.4 is 15.1 Å². The molecule has 0 aromatic heterocycles. The van der Waals surface area contributed by atoms with Crippen molar-refractivity contribution in [2.24, 2.45) is 0 Å². The lowest BCUT2D eigenvalue weighted by molar-refractivity contribution is 0.982. The second-order valence-electron chi connectivity index (χ2n) is 15.0. The monoisotopic (exact) mass is 731 g/mol. The molecule has 0 aliphatic heterocycles. The second kappa shape index (κ2) is 16.6. The Hall–Kier alpha value is -6.32. The highest BCUT2D eigenvalue weighted by Gasteiger charge is 2.23. The minimum Gasteiger partial charge on any atom is -0.355 e. The van der Waals surface area contributed by atoms with Crippen molar-refractivity contribution in [3.63, 3.8) is 0 Å². The molecule has 0 spiro atoms. The van der Waals surface area contributed by atoms with E-state index in [4.69, 9.17) is 0 Å². The van der Waals surface area contributed by atoms with Crippen molar-refractivity contribution in [3.05, 3.63) is 215 Å². The first-order valence-corrected chi connectivity index (χ1v) is 19.6. The number of aryl methyl sites for hydroxylation is 6. The number of hydrogen-bond donors (Lipinski definition) is 1. The third-order valence-corrected chi connectivity index (χ3v) is 11.1. The van der Waals surface area contributed by atoms with E-state index in [0.717, 1.165) is 35.8 Å². The van der Waals surface area contributed by atoms with Gasteiger partial charge in [0.2, 0.25) is 0 Å². The molecular formula is C53H53N3. The molecule has 56 heavy (non-hydrogen) atoms. The van der Waals surface area contributed by atoms with Crippen LogP contribution >= 0.6 is 0 Å². The molecule has 0 bridgehead atoms. The SMILES string of the molecule is C=CCN(c1ccc(C(c2ccc(N(CC=C)c3c(C)cccc3C)cc2)c2ccc(Nc3c(C)cccc3C)c3ccccc23)cc1)c1c(C)cccc1C. The highest BCUT2D eigenvalue weighted by atomic mass is 15.1. The Balaban J connectivity index is 1.36. The van der Waals surface area contributed by atoms with Gasteiger partial charge in [-0.1, -0.05) is 121 Å². The summed E-state index contributed by atoms with van der Waals surface area (Å²) in [6, 6.07) is 51.2. The van der Waals surface area contributed by atoms with Gasteiger partial charge >= 0.3 is 0 Å². The Bertz CT molecular complexity index is 2340. The van der Waals surface area contributed by atoms with Gasteiger partial charge in [0, 0.05) is 58.5 Å². The van der Waals surface area contributed by atoms with Gasteiger partial charge in [-0.05, 0) is 127 Å². The van der Waals surface area contributed by atoms with Gasteiger partial charge in [0.15, 0.2) is 0 Å². The molecule has 0 atom stereocenters. The van der Waals surface area contributed by atoms with Crippen molar-refractivity contribution in [3.8, 4) is 0 Å². The van der Waals surface area contributed by atoms with Crippen LogP contribution in [0.2, 0.25) is 0 Å². The van der Waals surface area contributed by atoms with Gasteiger partial charge in [-0.2, -0.15) is 0 Å². The normalized spacial score (nSPS) is 11.1. The third-order valence-electron chi connectivity index (χ3n) is 11.1. The molecule has 0 amide bonds. The van der Waals surface area contributed by atoms with E-state index in [2.05, 4.69) is 209 Å². The minimum atomic E-state index is -0.0154. The van der Waals surface area contributed by atoms with Crippen LogP contribution in [0.5, 0.6) is 0 Å². The molecule has 0 heterocycles. The molecule has 7 aromatic rings. The van der Waals surface area contributed by atoms with E-state index in [1.807, 2.05) is 12.2 Å². The topological polar surface area (TPSA) is 18.5 Å². The molecule has 0 unspecified atom stereocenters. The van der Waals surface area contributed by atoms with E-state index in [1.165, 1.54) is 72.2 Å². The lowest BCUT2D eigenvalue weighted by atomic mass is 9.82. The summed E-state index contributed by atoms with van der Waals surface area (Å²) in [6.45, 7) is 22.8. The molecule has 7 aromatic carbocycles. The number of nitrogens with zero attached hydrogens (tertiary/aromatic N) is 2. The molecule has 0 aliphatic rings. The summed E-state index contributed by atoms with van der Waals surface area (Å²) in [4.78, 5) is 4.74. The van der Waals surface area contributed by atoms with Gasteiger partial charge in [0.25, 0.3) is 0 Å². The van der Waals surface area contributed by atoms with Gasteiger partial charge in [0.05, 0.1) is 0 Å². The Labute approximate surface area is 334 Å². The summed E-state index contributed by atoms with van der Waals surface area (Å²) < 4.78 is 0. The molecule has 1 N–H and O–H groups in total. The molecule has 3 heteroatoms. The van der Waals surface area contributed by atoms with Crippen LogP contribution in [-0.4, -0.2) is 13.1 Å². The Morgan fingerprint density at radius 3 is 1.30 bits per heavy atom. The average molecular weight is 732 g/mol. The second-order valence-corrected chi connectivity index (χ2v) is 15.0. The summed E-state index contributed by atoms with van der Waals surface area (Å²) in [5, 5.41) is 6.25. The fraction of sp³-hybridized carbons (Fsp3) is 0.170. The molecule has 0 aliphatic carbocycles. The maximum absolute atomic E-state index is 4.11. The summed E-state index contributed by atoms with van der Waals surface area (Å²) in [5.41, 5.74) is 18.2. The number of benzene rings is 7. The number of fused-ring (bicyclic) bond motifs is 1. The standard InChI is InChI=1S/C53H53N3/c1-9-34-55(52-38(5)18-14-19-39(52)6)44-28-24-42(25-29-44)50(43-26-30-45(31-27-43)56(35-10-2)53-40(7)20-15-21-41(53)8)48-32-33-49(47-23-12-11-22-46(47)48)54-51-36(3)16-13-17-37(51)4/h9-33,50,54H,1-2,34-35H2,3-8H3. The fourth-order valence-corrected chi connectivity index (χ4v) is 8.45. The maximum atomic E-state index is 4.11. The van der Waals surface area contributed by atoms with Crippen molar-refractivity contribution < 1.29 is 0 Å². The molecule has 0 radical (unpaired) electrons. The van der Waals surface area contributed by atoms with Crippen molar-refractivity contribution in [2.75, 3.05) is 28.2 Å². The van der Waals surface area contributed by atoms with Crippen molar-refractivity contribution in [2.45, 2.75) is 47.5 Å². The zero-order valence-corrected chi connectivity index (χ0v) is 33.7. The lowest BCUT2D eigenvalue weighted by Crippen LogP contribution is -2.19. The summed E-state index contributed by atoms with van der Waals surface area (Å²) in [5.74, 6) is -0.0154. The molecule has 0 saturated carbocycles. The van der Waals surface area contributed by atoms with Crippen LogP contribution in [0.3, 0.4) is 0 Å². The van der Waals surface area contributed by atoms with Gasteiger partial charge < -0.3 is 15.1 Å². The van der Waals surface area contributed by atoms with Crippen molar-refractivity contribution in [1.82, 2.24) is 0 Å². The first-order valence-electron chi connectivity index (χ1n) is 19.6. The third kappa shape index (κ3) is 7.50. The van der Waals surface area contributed by atoms with Crippen LogP contribution in [0.1, 0.15) is 56.0 Å². The van der Waals surface area contributed by atoms with E-state index < -0.39 is 0 Å². The first-order chi connectivity index (χ1) is 27.2. The molecule has 0 fully saturated rings. The van der Waals surface area contributed by atoms with Gasteiger partial charge in [-0.25, -0.2) is 0 Å². The van der Waals surface area contributed by atoms with Crippen LogP contribution in [-0.2, 0) is 0 Å². The fourth-order valence-electron chi connectivity index (χ4n) is 8.45. The van der Waals surface area contributed by atoms with E-state index in [-0.39, 0.29) is 5.92 Å². The predicted octanol–water partition coefficient (Wildman–Crippen LogP) is 14.3. The molecule has 7 rings (SSSR count). The van der Waals surface area contributed by atoms with Crippen LogP contribution in [0.4, 0.5) is 34.1 Å². The smallest absolute Gasteiger partial charge is 0.0473 e. The first kappa shape index (κ1) is 38.0. The molecule has 3 nitrogen and oxygen atoms in total. The largest absolute Gasteiger partial charge is 0.355 e. The highest BCUT2D eigenvalue weighted by molar-refractivity contribution is 5.98. The summed E-state index contributed by atoms with van der Waals surface area (Å²) in [6.07, 6.45) is 3.97. The van der Waals surface area contributed by atoms with Gasteiger partial charge in [-0.15, -0.1) is 13.2 Å². The Morgan fingerprint density at radius 2 is 0.875 bits per heavy atom. The summed E-state index contributed by atoms with van der Waals surface area (Å²) >= 11 is 0. The molecule has 280 valence electrons. The van der Waals surface area contributed by atoms with Crippen LogP contribution in [0, 0.1) is 41.5 Å². The number of para-hydroxylation sites is 3. The quantitative estimate of drug-likeness (QED) is 0.0941. The zero-order chi connectivity index (χ0) is 39.3. The predicted molar refractivity (Wildman–Crippen MR) is 243 cm³/mol. The molecule has 0 saturated heterocycles. The zero-order valence-electron chi connectivity index (χ0n) is 33.7. The highest BCUT2D eigenvalue weighted by Crippen LogP contribution is 2.42. The Kier molecular flexibility index (Phi) is 11.2. The van der Waals surface area contributed by atoms with Crippen molar-refractivity contribution >= 4 is 44.9 Å². The molecular weight excluding hydrogens is 679 g/mol.